The highest BCUT2D eigenvalue weighted by Gasteiger charge is 2.33. The summed E-state index contributed by atoms with van der Waals surface area (Å²) in [7, 11) is 0. The van der Waals surface area contributed by atoms with Crippen LogP contribution in [-0.2, 0) is 0 Å². The van der Waals surface area contributed by atoms with Gasteiger partial charge in [-0.1, -0.05) is 0 Å². The molecule has 2 unspecified atom stereocenters. The topological polar surface area (TPSA) is 63.0 Å². The van der Waals surface area contributed by atoms with Crippen molar-refractivity contribution >= 4 is 0 Å². The van der Waals surface area contributed by atoms with E-state index in [1.54, 1.807) is 0 Å². The second-order valence-corrected chi connectivity index (χ2v) is 4.56. The van der Waals surface area contributed by atoms with Gasteiger partial charge in [0.15, 0.2) is 5.82 Å². The fraction of sp³-hybridized carbons (Fsp3) is 0.800. The molecule has 0 amide bonds. The molecule has 1 saturated carbocycles. The molecular weight excluding hydrogens is 192 g/mol. The van der Waals surface area contributed by atoms with Gasteiger partial charge in [0.25, 0.3) is 0 Å². The standard InChI is InChI=1S/C10H16N4O/c1-6-12-13-10(14(6)7-2-3-7)9-4-8(15)5-11-9/h7-9,11,15H,2-5H2,1H3. The molecule has 0 bridgehead atoms. The minimum Gasteiger partial charge on any atom is -0.392 e. The number of aliphatic hydroxyl groups excluding tert-OH is 1. The third-order valence-electron chi connectivity index (χ3n) is 3.22. The minimum atomic E-state index is -0.236. The van der Waals surface area contributed by atoms with E-state index in [0.717, 1.165) is 18.1 Å². The van der Waals surface area contributed by atoms with Gasteiger partial charge in [0.1, 0.15) is 5.82 Å². The van der Waals surface area contributed by atoms with Gasteiger partial charge in [-0.25, -0.2) is 0 Å². The molecule has 2 heterocycles. The first-order chi connectivity index (χ1) is 7.25. The monoisotopic (exact) mass is 208 g/mol. The number of nitrogens with zero attached hydrogens (tertiary/aromatic N) is 3. The lowest BCUT2D eigenvalue weighted by Gasteiger charge is -2.12. The summed E-state index contributed by atoms with van der Waals surface area (Å²) in [6.07, 6.45) is 2.99. The Morgan fingerprint density at radius 3 is 2.80 bits per heavy atom. The number of rotatable bonds is 2. The van der Waals surface area contributed by atoms with E-state index in [1.165, 1.54) is 12.8 Å². The molecule has 1 aliphatic heterocycles. The van der Waals surface area contributed by atoms with Crippen molar-refractivity contribution < 1.29 is 5.11 Å². The first-order valence-electron chi connectivity index (χ1n) is 5.58. The van der Waals surface area contributed by atoms with Crippen LogP contribution in [0.3, 0.4) is 0 Å². The molecule has 15 heavy (non-hydrogen) atoms. The molecule has 0 spiro atoms. The third kappa shape index (κ3) is 1.55. The largest absolute Gasteiger partial charge is 0.392 e. The first kappa shape index (κ1) is 9.30. The molecule has 2 aliphatic rings. The normalized spacial score (nSPS) is 31.1. The van der Waals surface area contributed by atoms with Crippen molar-refractivity contribution in [1.29, 1.82) is 0 Å². The van der Waals surface area contributed by atoms with Crippen LogP contribution in [0.25, 0.3) is 0 Å². The lowest BCUT2D eigenvalue weighted by atomic mass is 10.2. The first-order valence-corrected chi connectivity index (χ1v) is 5.58. The van der Waals surface area contributed by atoms with Crippen LogP contribution in [0.1, 0.15) is 43.0 Å². The summed E-state index contributed by atoms with van der Waals surface area (Å²) in [5.41, 5.74) is 0. The van der Waals surface area contributed by atoms with E-state index >= 15 is 0 Å². The van der Waals surface area contributed by atoms with Crippen LogP contribution in [-0.4, -0.2) is 32.5 Å². The highest BCUT2D eigenvalue weighted by Crippen LogP contribution is 2.38. The highest BCUT2D eigenvalue weighted by atomic mass is 16.3. The number of aromatic nitrogens is 3. The molecule has 2 atom stereocenters. The Morgan fingerprint density at radius 1 is 1.40 bits per heavy atom. The van der Waals surface area contributed by atoms with E-state index in [0.29, 0.717) is 12.6 Å². The Balaban J connectivity index is 1.90. The van der Waals surface area contributed by atoms with Crippen LogP contribution in [0.2, 0.25) is 0 Å². The zero-order valence-corrected chi connectivity index (χ0v) is 8.85. The minimum absolute atomic E-state index is 0.182. The summed E-state index contributed by atoms with van der Waals surface area (Å²) in [5, 5.41) is 21.2. The smallest absolute Gasteiger partial charge is 0.150 e. The van der Waals surface area contributed by atoms with E-state index in [-0.39, 0.29) is 12.1 Å². The zero-order chi connectivity index (χ0) is 10.4. The van der Waals surface area contributed by atoms with Crippen LogP contribution in [0, 0.1) is 6.92 Å². The third-order valence-corrected chi connectivity index (χ3v) is 3.22. The molecule has 1 aliphatic carbocycles. The van der Waals surface area contributed by atoms with Gasteiger partial charge in [0.05, 0.1) is 12.1 Å². The number of hydrogen-bond donors (Lipinski definition) is 2. The van der Waals surface area contributed by atoms with Crippen molar-refractivity contribution in [2.75, 3.05) is 6.54 Å². The molecule has 2 fully saturated rings. The molecule has 0 aromatic carbocycles. The van der Waals surface area contributed by atoms with Gasteiger partial charge in [-0.05, 0) is 26.2 Å². The molecule has 1 saturated heterocycles. The van der Waals surface area contributed by atoms with Crippen LogP contribution < -0.4 is 5.32 Å². The summed E-state index contributed by atoms with van der Waals surface area (Å²) in [5.74, 6) is 2.00. The Hall–Kier alpha value is -0.940. The maximum Gasteiger partial charge on any atom is 0.150 e. The van der Waals surface area contributed by atoms with Gasteiger partial charge in [0.2, 0.25) is 0 Å². The van der Waals surface area contributed by atoms with Crippen LogP contribution in [0.5, 0.6) is 0 Å². The number of aliphatic hydroxyl groups is 1. The Bertz CT molecular complexity index is 371. The van der Waals surface area contributed by atoms with Crippen molar-refractivity contribution in [1.82, 2.24) is 20.1 Å². The molecule has 5 heteroatoms. The van der Waals surface area contributed by atoms with Crippen molar-refractivity contribution in [3.8, 4) is 0 Å². The second-order valence-electron chi connectivity index (χ2n) is 4.56. The fourth-order valence-corrected chi connectivity index (χ4v) is 2.32. The van der Waals surface area contributed by atoms with Gasteiger partial charge >= 0.3 is 0 Å². The van der Waals surface area contributed by atoms with Gasteiger partial charge in [0, 0.05) is 12.6 Å². The summed E-state index contributed by atoms with van der Waals surface area (Å²) in [6.45, 7) is 2.67. The van der Waals surface area contributed by atoms with Crippen LogP contribution in [0.4, 0.5) is 0 Å². The van der Waals surface area contributed by atoms with Crippen molar-refractivity contribution in [3.05, 3.63) is 11.6 Å². The molecule has 2 N–H and O–H groups in total. The molecule has 82 valence electrons. The average molecular weight is 208 g/mol. The Kier molecular flexibility index (Phi) is 2.03. The number of aryl methyl sites for hydroxylation is 1. The second kappa shape index (κ2) is 3.28. The maximum atomic E-state index is 9.49. The van der Waals surface area contributed by atoms with E-state index < -0.39 is 0 Å². The van der Waals surface area contributed by atoms with Gasteiger partial charge < -0.3 is 15.0 Å². The molecule has 1 aromatic heterocycles. The van der Waals surface area contributed by atoms with Crippen LogP contribution in [0.15, 0.2) is 0 Å². The van der Waals surface area contributed by atoms with Crippen molar-refractivity contribution in [2.45, 2.75) is 44.4 Å². The lowest BCUT2D eigenvalue weighted by molar-refractivity contribution is 0.192. The lowest BCUT2D eigenvalue weighted by Crippen LogP contribution is -2.18. The summed E-state index contributed by atoms with van der Waals surface area (Å²) >= 11 is 0. The fourth-order valence-electron chi connectivity index (χ4n) is 2.32. The number of hydrogen-bond acceptors (Lipinski definition) is 4. The van der Waals surface area contributed by atoms with E-state index in [9.17, 15) is 5.11 Å². The summed E-state index contributed by atoms with van der Waals surface area (Å²) < 4.78 is 2.23. The van der Waals surface area contributed by atoms with Gasteiger partial charge in [-0.15, -0.1) is 10.2 Å². The van der Waals surface area contributed by atoms with E-state index in [2.05, 4.69) is 20.1 Å². The van der Waals surface area contributed by atoms with E-state index in [4.69, 9.17) is 0 Å². The molecular formula is C10H16N4O. The highest BCUT2D eigenvalue weighted by molar-refractivity contribution is 5.07. The molecule has 1 aromatic rings. The zero-order valence-electron chi connectivity index (χ0n) is 8.85. The SMILES string of the molecule is Cc1nnc(C2CC(O)CN2)n1C1CC1. The maximum absolute atomic E-state index is 9.49. The number of nitrogens with one attached hydrogen (secondary N) is 1. The summed E-state index contributed by atoms with van der Waals surface area (Å²) in [4.78, 5) is 0. The quantitative estimate of drug-likeness (QED) is 0.734. The molecule has 3 rings (SSSR count). The Labute approximate surface area is 88.5 Å². The summed E-state index contributed by atoms with van der Waals surface area (Å²) in [6, 6.07) is 0.788. The van der Waals surface area contributed by atoms with Gasteiger partial charge in [-0.2, -0.15) is 0 Å². The van der Waals surface area contributed by atoms with E-state index in [1.807, 2.05) is 6.92 Å². The number of β-amino-alcohol motifs (C(OH)–C–C–N with tert-alkyl or cyclic N) is 1. The molecule has 5 nitrogen and oxygen atoms in total. The van der Waals surface area contributed by atoms with Gasteiger partial charge in [-0.3, -0.25) is 0 Å². The van der Waals surface area contributed by atoms with Crippen molar-refractivity contribution in [3.63, 3.8) is 0 Å². The average Bonchev–Trinajstić information content (AvgIpc) is 2.84. The Morgan fingerprint density at radius 2 is 2.20 bits per heavy atom. The molecule has 0 radical (unpaired) electrons. The predicted molar refractivity (Wildman–Crippen MR) is 54.4 cm³/mol. The van der Waals surface area contributed by atoms with Crippen molar-refractivity contribution in [2.24, 2.45) is 0 Å². The predicted octanol–water partition coefficient (Wildman–Crippen LogP) is 0.317. The van der Waals surface area contributed by atoms with Crippen LogP contribution >= 0.6 is 0 Å².